The zero-order valence-electron chi connectivity index (χ0n) is 10.8. The highest BCUT2D eigenvalue weighted by Gasteiger charge is 2.22. The van der Waals surface area contributed by atoms with E-state index in [-0.39, 0.29) is 12.1 Å². The monoisotopic (exact) mass is 248 g/mol. The van der Waals surface area contributed by atoms with Gasteiger partial charge in [0.15, 0.2) is 0 Å². The summed E-state index contributed by atoms with van der Waals surface area (Å²) in [6.45, 7) is 3.42. The smallest absolute Gasteiger partial charge is 0.410 e. The van der Waals surface area contributed by atoms with Crippen molar-refractivity contribution in [3.8, 4) is 5.75 Å². The van der Waals surface area contributed by atoms with E-state index in [9.17, 15) is 4.79 Å². The fourth-order valence-corrected chi connectivity index (χ4v) is 2.13. The highest BCUT2D eigenvalue weighted by molar-refractivity contribution is 5.70. The van der Waals surface area contributed by atoms with Gasteiger partial charge in [-0.05, 0) is 37.0 Å². The first-order valence-electron chi connectivity index (χ1n) is 6.50. The topological polar surface area (TPSA) is 55.6 Å². The summed E-state index contributed by atoms with van der Waals surface area (Å²) < 4.78 is 5.33. The number of ether oxygens (including phenoxy) is 1. The van der Waals surface area contributed by atoms with E-state index in [2.05, 4.69) is 6.92 Å². The molecule has 4 heteroatoms. The van der Waals surface area contributed by atoms with Crippen LogP contribution in [0.2, 0.25) is 0 Å². The second-order valence-corrected chi connectivity index (χ2v) is 4.71. The molecule has 1 atom stereocenters. The Hall–Kier alpha value is -1.55. The van der Waals surface area contributed by atoms with Gasteiger partial charge in [-0.25, -0.2) is 4.79 Å². The van der Waals surface area contributed by atoms with Gasteiger partial charge in [0.25, 0.3) is 0 Å². The molecule has 1 aromatic carbocycles. The van der Waals surface area contributed by atoms with E-state index in [4.69, 9.17) is 10.5 Å². The van der Waals surface area contributed by atoms with Crippen LogP contribution in [0, 0.1) is 0 Å². The molecule has 2 N–H and O–H groups in total. The van der Waals surface area contributed by atoms with Crippen molar-refractivity contribution < 1.29 is 9.53 Å². The maximum atomic E-state index is 11.9. The first-order valence-corrected chi connectivity index (χ1v) is 6.50. The van der Waals surface area contributed by atoms with Crippen LogP contribution in [-0.2, 0) is 6.42 Å². The molecule has 0 spiro atoms. The van der Waals surface area contributed by atoms with E-state index >= 15 is 0 Å². The molecule has 1 fully saturated rings. The molecule has 1 amide bonds. The number of likely N-dealkylation sites (tertiary alicyclic amines) is 1. The largest absolute Gasteiger partial charge is 0.415 e. The van der Waals surface area contributed by atoms with E-state index in [0.717, 1.165) is 25.8 Å². The summed E-state index contributed by atoms with van der Waals surface area (Å²) in [5.41, 5.74) is 7.08. The lowest BCUT2D eigenvalue weighted by atomic mass is 10.1. The Balaban J connectivity index is 1.93. The van der Waals surface area contributed by atoms with Crippen LogP contribution in [0.3, 0.4) is 0 Å². The zero-order chi connectivity index (χ0) is 13.0. The molecule has 1 saturated heterocycles. The van der Waals surface area contributed by atoms with Crippen LogP contribution in [0.1, 0.15) is 25.3 Å². The maximum Gasteiger partial charge on any atom is 0.415 e. The second kappa shape index (κ2) is 5.87. The number of aryl methyl sites for hydroxylation is 1. The summed E-state index contributed by atoms with van der Waals surface area (Å²) in [4.78, 5) is 13.6. The minimum absolute atomic E-state index is 0.0776. The Morgan fingerprint density at radius 3 is 2.78 bits per heavy atom. The Labute approximate surface area is 108 Å². The molecule has 0 bridgehead atoms. The number of piperidine rings is 1. The molecule has 1 aliphatic heterocycles. The van der Waals surface area contributed by atoms with Crippen molar-refractivity contribution in [3.05, 3.63) is 29.8 Å². The third kappa shape index (κ3) is 3.23. The second-order valence-electron chi connectivity index (χ2n) is 4.71. The van der Waals surface area contributed by atoms with Crippen LogP contribution in [0.5, 0.6) is 5.75 Å². The van der Waals surface area contributed by atoms with Crippen LogP contribution in [0.15, 0.2) is 24.3 Å². The summed E-state index contributed by atoms with van der Waals surface area (Å²) in [5, 5.41) is 0. The van der Waals surface area contributed by atoms with Crippen LogP contribution >= 0.6 is 0 Å². The normalized spacial score (nSPS) is 19.7. The molecule has 0 aromatic heterocycles. The summed E-state index contributed by atoms with van der Waals surface area (Å²) in [6, 6.07) is 7.70. The predicted octanol–water partition coefficient (Wildman–Crippen LogP) is 2.17. The number of carbonyl (C=O) groups is 1. The molecule has 0 aliphatic carbocycles. The van der Waals surface area contributed by atoms with Gasteiger partial charge >= 0.3 is 6.09 Å². The van der Waals surface area contributed by atoms with Crippen LogP contribution in [-0.4, -0.2) is 30.1 Å². The number of nitrogens with two attached hydrogens (primary N) is 1. The van der Waals surface area contributed by atoms with Gasteiger partial charge in [-0.1, -0.05) is 19.1 Å². The average molecular weight is 248 g/mol. The van der Waals surface area contributed by atoms with Crippen molar-refractivity contribution in [2.24, 2.45) is 5.73 Å². The summed E-state index contributed by atoms with van der Waals surface area (Å²) >= 11 is 0. The highest BCUT2D eigenvalue weighted by atomic mass is 16.6. The van der Waals surface area contributed by atoms with Crippen molar-refractivity contribution >= 4 is 6.09 Å². The molecule has 1 aliphatic rings. The number of amides is 1. The first-order chi connectivity index (χ1) is 8.69. The van der Waals surface area contributed by atoms with Gasteiger partial charge in [-0.2, -0.15) is 0 Å². The summed E-state index contributed by atoms with van der Waals surface area (Å²) in [5.74, 6) is 0.594. The van der Waals surface area contributed by atoms with Crippen molar-refractivity contribution in [3.63, 3.8) is 0 Å². The van der Waals surface area contributed by atoms with Gasteiger partial charge in [-0.3, -0.25) is 0 Å². The molecular formula is C14H20N2O2. The van der Waals surface area contributed by atoms with Crippen LogP contribution in [0.4, 0.5) is 4.79 Å². The number of hydrogen-bond acceptors (Lipinski definition) is 3. The van der Waals surface area contributed by atoms with Gasteiger partial charge in [0.2, 0.25) is 0 Å². The number of benzene rings is 1. The Kier molecular flexibility index (Phi) is 4.20. The van der Waals surface area contributed by atoms with Gasteiger partial charge < -0.3 is 15.4 Å². The average Bonchev–Trinajstić information content (AvgIpc) is 2.39. The molecule has 0 radical (unpaired) electrons. The van der Waals surface area contributed by atoms with E-state index in [1.807, 2.05) is 24.3 Å². The predicted molar refractivity (Wildman–Crippen MR) is 70.6 cm³/mol. The fourth-order valence-electron chi connectivity index (χ4n) is 2.13. The molecule has 4 nitrogen and oxygen atoms in total. The molecule has 1 aromatic rings. The van der Waals surface area contributed by atoms with Gasteiger partial charge in [-0.15, -0.1) is 0 Å². The Morgan fingerprint density at radius 2 is 2.17 bits per heavy atom. The number of rotatable bonds is 2. The Morgan fingerprint density at radius 1 is 1.44 bits per heavy atom. The molecule has 1 heterocycles. The molecule has 2 rings (SSSR count). The lowest BCUT2D eigenvalue weighted by molar-refractivity contribution is 0.137. The van der Waals surface area contributed by atoms with Crippen molar-refractivity contribution in [1.82, 2.24) is 4.90 Å². The van der Waals surface area contributed by atoms with Crippen molar-refractivity contribution in [2.45, 2.75) is 32.2 Å². The fraction of sp³-hybridized carbons (Fsp3) is 0.500. The minimum atomic E-state index is -0.297. The maximum absolute atomic E-state index is 11.9. The van der Waals surface area contributed by atoms with E-state index < -0.39 is 0 Å². The molecule has 98 valence electrons. The quantitative estimate of drug-likeness (QED) is 0.872. The molecular weight excluding hydrogens is 228 g/mol. The SMILES string of the molecule is CCc1ccc(OC(=O)N2CCCC(N)C2)cc1. The highest BCUT2D eigenvalue weighted by Crippen LogP contribution is 2.15. The van der Waals surface area contributed by atoms with Crippen molar-refractivity contribution in [2.75, 3.05) is 13.1 Å². The molecule has 1 unspecified atom stereocenters. The van der Waals surface area contributed by atoms with E-state index in [0.29, 0.717) is 12.3 Å². The van der Waals surface area contributed by atoms with E-state index in [1.165, 1.54) is 5.56 Å². The minimum Gasteiger partial charge on any atom is -0.410 e. The number of carbonyl (C=O) groups excluding carboxylic acids is 1. The van der Waals surface area contributed by atoms with E-state index in [1.54, 1.807) is 4.90 Å². The summed E-state index contributed by atoms with van der Waals surface area (Å²) in [6.07, 6.45) is 2.62. The van der Waals surface area contributed by atoms with Gasteiger partial charge in [0, 0.05) is 19.1 Å². The van der Waals surface area contributed by atoms with Crippen LogP contribution in [0.25, 0.3) is 0 Å². The molecule has 18 heavy (non-hydrogen) atoms. The van der Waals surface area contributed by atoms with Crippen molar-refractivity contribution in [1.29, 1.82) is 0 Å². The lowest BCUT2D eigenvalue weighted by Gasteiger charge is -2.29. The number of nitrogens with zero attached hydrogens (tertiary/aromatic N) is 1. The zero-order valence-corrected chi connectivity index (χ0v) is 10.8. The number of hydrogen-bond donors (Lipinski definition) is 1. The van der Waals surface area contributed by atoms with Gasteiger partial charge in [0.05, 0.1) is 0 Å². The standard InChI is InChI=1S/C14H20N2O2/c1-2-11-5-7-13(8-6-11)18-14(17)16-9-3-4-12(15)10-16/h5-8,12H,2-4,9-10,15H2,1H3. The first kappa shape index (κ1) is 12.9. The Bertz CT molecular complexity index is 403. The molecule has 0 saturated carbocycles. The lowest BCUT2D eigenvalue weighted by Crippen LogP contribution is -2.46. The summed E-state index contributed by atoms with van der Waals surface area (Å²) in [7, 11) is 0. The van der Waals surface area contributed by atoms with Crippen LogP contribution < -0.4 is 10.5 Å². The third-order valence-electron chi connectivity index (χ3n) is 3.25. The third-order valence-corrected chi connectivity index (χ3v) is 3.25. The van der Waals surface area contributed by atoms with Gasteiger partial charge in [0.1, 0.15) is 5.75 Å².